The van der Waals surface area contributed by atoms with Crippen LogP contribution in [-0.2, 0) is 5.75 Å². The fraction of sp³-hybridized carbons (Fsp3) is 0.300. The minimum atomic E-state index is 0.428. The van der Waals surface area contributed by atoms with Crippen molar-refractivity contribution in [1.82, 2.24) is 0 Å². The number of benzene rings is 2. The first-order valence-electron chi connectivity index (χ1n) is 8.76. The number of thioether (sulfide) groups is 1. The van der Waals surface area contributed by atoms with Crippen molar-refractivity contribution in [2.45, 2.75) is 26.0 Å². The van der Waals surface area contributed by atoms with Gasteiger partial charge in [0.1, 0.15) is 0 Å². The minimum Gasteiger partial charge on any atom is -0.490 e. The first-order chi connectivity index (χ1) is 13.1. The van der Waals surface area contributed by atoms with Gasteiger partial charge >= 0.3 is 0 Å². The lowest BCUT2D eigenvalue weighted by atomic mass is 10.2. The van der Waals surface area contributed by atoms with E-state index in [4.69, 9.17) is 15.2 Å². The fourth-order valence-electron chi connectivity index (χ4n) is 2.18. The second kappa shape index (κ2) is 11.9. The van der Waals surface area contributed by atoms with E-state index < -0.39 is 0 Å². The lowest BCUT2D eigenvalue weighted by Gasteiger charge is -2.14. The predicted octanol–water partition coefficient (Wildman–Crippen LogP) is 5.06. The number of nitrogens with zero attached hydrogens (tertiary/aromatic N) is 2. The first-order valence-corrected chi connectivity index (χ1v) is 10.8. The Morgan fingerprint density at radius 2 is 1.96 bits per heavy atom. The summed E-state index contributed by atoms with van der Waals surface area (Å²) in [7, 11) is 0. The van der Waals surface area contributed by atoms with Gasteiger partial charge in [0.15, 0.2) is 16.7 Å². The molecule has 0 unspecified atom stereocenters. The smallest absolute Gasteiger partial charge is 0.180 e. The SMILES string of the molecule is CCCOc1c(I)cc(C=NN=C(N)SCc2ccccc2)cc1OCC. The molecule has 0 spiro atoms. The first kappa shape index (κ1) is 21.6. The molecule has 0 saturated carbocycles. The molecule has 0 saturated heterocycles. The van der Waals surface area contributed by atoms with Gasteiger partial charge in [-0.2, -0.15) is 5.10 Å². The van der Waals surface area contributed by atoms with Crippen LogP contribution in [0.15, 0.2) is 52.7 Å². The molecule has 0 aliphatic rings. The third kappa shape index (κ3) is 7.42. The van der Waals surface area contributed by atoms with Crippen LogP contribution in [0.25, 0.3) is 0 Å². The summed E-state index contributed by atoms with van der Waals surface area (Å²) in [5, 5.41) is 8.60. The molecular weight excluding hydrogens is 473 g/mol. The molecule has 144 valence electrons. The number of ether oxygens (including phenoxy) is 2. The standard InChI is InChI=1S/C20H24IN3O2S/c1-3-10-26-19-17(21)11-16(12-18(19)25-4-2)13-23-24-20(22)27-14-15-8-6-5-7-9-15/h5-9,11-13H,3-4,10,14H2,1-2H3,(H2,22,24). The number of rotatable bonds is 9. The van der Waals surface area contributed by atoms with Crippen LogP contribution in [0.5, 0.6) is 11.5 Å². The van der Waals surface area contributed by atoms with Gasteiger partial charge in [-0.3, -0.25) is 0 Å². The Labute approximate surface area is 178 Å². The lowest BCUT2D eigenvalue weighted by molar-refractivity contribution is 0.275. The minimum absolute atomic E-state index is 0.428. The molecule has 0 aliphatic heterocycles. The van der Waals surface area contributed by atoms with Crippen molar-refractivity contribution >= 4 is 45.7 Å². The van der Waals surface area contributed by atoms with Gasteiger partial charge in [-0.15, -0.1) is 5.10 Å². The van der Waals surface area contributed by atoms with Crippen molar-refractivity contribution in [1.29, 1.82) is 0 Å². The number of hydrogen-bond donors (Lipinski definition) is 1. The van der Waals surface area contributed by atoms with Gasteiger partial charge in [0.25, 0.3) is 0 Å². The van der Waals surface area contributed by atoms with Crippen LogP contribution in [0.2, 0.25) is 0 Å². The van der Waals surface area contributed by atoms with Gasteiger partial charge in [-0.25, -0.2) is 0 Å². The van der Waals surface area contributed by atoms with Crippen molar-refractivity contribution in [3.63, 3.8) is 0 Å². The molecule has 2 N–H and O–H groups in total. The number of nitrogens with two attached hydrogens (primary N) is 1. The second-order valence-corrected chi connectivity index (χ2v) is 7.73. The number of hydrogen-bond acceptors (Lipinski definition) is 5. The quantitative estimate of drug-likeness (QED) is 0.228. The highest BCUT2D eigenvalue weighted by molar-refractivity contribution is 14.1. The molecule has 2 aromatic carbocycles. The average molecular weight is 497 g/mol. The molecule has 2 rings (SSSR count). The van der Waals surface area contributed by atoms with Crippen LogP contribution in [0.4, 0.5) is 0 Å². The molecule has 2 aromatic rings. The summed E-state index contributed by atoms with van der Waals surface area (Å²) in [5.41, 5.74) is 8.01. The maximum Gasteiger partial charge on any atom is 0.180 e. The Balaban J connectivity index is 2.04. The van der Waals surface area contributed by atoms with Crippen molar-refractivity contribution in [2.24, 2.45) is 15.9 Å². The maximum absolute atomic E-state index is 5.93. The van der Waals surface area contributed by atoms with E-state index in [9.17, 15) is 0 Å². The van der Waals surface area contributed by atoms with Crippen molar-refractivity contribution in [2.75, 3.05) is 13.2 Å². The Bertz CT molecular complexity index is 782. The molecule has 7 heteroatoms. The van der Waals surface area contributed by atoms with Crippen molar-refractivity contribution in [3.05, 3.63) is 57.2 Å². The molecule has 0 heterocycles. The van der Waals surface area contributed by atoms with Crippen molar-refractivity contribution < 1.29 is 9.47 Å². The normalized spacial score (nSPS) is 11.7. The topological polar surface area (TPSA) is 69.2 Å². The summed E-state index contributed by atoms with van der Waals surface area (Å²) in [6.07, 6.45) is 2.61. The highest BCUT2D eigenvalue weighted by Gasteiger charge is 2.11. The Kier molecular flexibility index (Phi) is 9.47. The highest BCUT2D eigenvalue weighted by atomic mass is 127. The van der Waals surface area contributed by atoms with Gasteiger partial charge in [-0.05, 0) is 59.2 Å². The predicted molar refractivity (Wildman–Crippen MR) is 123 cm³/mol. The van der Waals surface area contributed by atoms with E-state index in [2.05, 4.69) is 51.9 Å². The third-order valence-electron chi connectivity index (χ3n) is 3.37. The van der Waals surface area contributed by atoms with Gasteiger partial charge in [0, 0.05) is 5.75 Å². The van der Waals surface area contributed by atoms with E-state index in [-0.39, 0.29) is 0 Å². The summed E-state index contributed by atoms with van der Waals surface area (Å²) >= 11 is 3.70. The van der Waals surface area contributed by atoms with E-state index >= 15 is 0 Å². The Morgan fingerprint density at radius 1 is 1.19 bits per heavy atom. The van der Waals surface area contributed by atoms with Crippen LogP contribution in [-0.4, -0.2) is 24.6 Å². The van der Waals surface area contributed by atoms with Gasteiger partial charge in [0.2, 0.25) is 0 Å². The van der Waals surface area contributed by atoms with Crippen molar-refractivity contribution in [3.8, 4) is 11.5 Å². The third-order valence-corrected chi connectivity index (χ3v) is 5.03. The van der Waals surface area contributed by atoms with Crippen LogP contribution in [0.3, 0.4) is 0 Å². The summed E-state index contributed by atoms with van der Waals surface area (Å²) < 4.78 is 12.5. The fourth-order valence-corrected chi connectivity index (χ4v) is 3.58. The molecule has 0 aromatic heterocycles. The summed E-state index contributed by atoms with van der Waals surface area (Å²) in [5.74, 6) is 2.26. The van der Waals surface area contributed by atoms with E-state index in [1.807, 2.05) is 37.3 Å². The highest BCUT2D eigenvalue weighted by Crippen LogP contribution is 2.34. The monoisotopic (exact) mass is 497 g/mol. The molecule has 0 bridgehead atoms. The maximum atomic E-state index is 5.93. The zero-order valence-electron chi connectivity index (χ0n) is 15.5. The van der Waals surface area contributed by atoms with Crippen LogP contribution < -0.4 is 15.2 Å². The van der Waals surface area contributed by atoms with E-state index in [0.29, 0.717) is 18.4 Å². The van der Waals surface area contributed by atoms with Gasteiger partial charge in [-0.1, -0.05) is 49.0 Å². The zero-order valence-corrected chi connectivity index (χ0v) is 18.5. The van der Waals surface area contributed by atoms with Gasteiger partial charge in [0.05, 0.1) is 23.0 Å². The van der Waals surface area contributed by atoms with Crippen LogP contribution in [0, 0.1) is 3.57 Å². The molecule has 0 atom stereocenters. The number of halogens is 1. The Morgan fingerprint density at radius 3 is 2.67 bits per heavy atom. The molecule has 5 nitrogen and oxygen atoms in total. The van der Waals surface area contributed by atoms with Crippen LogP contribution >= 0.6 is 34.4 Å². The molecule has 0 fully saturated rings. The largest absolute Gasteiger partial charge is 0.490 e. The van der Waals surface area contributed by atoms with E-state index in [1.165, 1.54) is 17.3 Å². The van der Waals surface area contributed by atoms with E-state index in [0.717, 1.165) is 32.8 Å². The summed E-state index contributed by atoms with van der Waals surface area (Å²) in [6.45, 7) is 5.25. The molecule has 0 aliphatic carbocycles. The molecule has 27 heavy (non-hydrogen) atoms. The second-order valence-electron chi connectivity index (χ2n) is 5.57. The number of amidine groups is 1. The molecular formula is C20H24IN3O2S. The average Bonchev–Trinajstić information content (AvgIpc) is 2.67. The summed E-state index contributed by atoms with van der Waals surface area (Å²) in [6, 6.07) is 14.0. The molecule has 0 radical (unpaired) electrons. The zero-order chi connectivity index (χ0) is 19.5. The summed E-state index contributed by atoms with van der Waals surface area (Å²) in [4.78, 5) is 0. The lowest BCUT2D eigenvalue weighted by Crippen LogP contribution is -2.06. The van der Waals surface area contributed by atoms with Crippen LogP contribution in [0.1, 0.15) is 31.4 Å². The van der Waals surface area contributed by atoms with E-state index in [1.54, 1.807) is 6.21 Å². The molecule has 0 amide bonds. The van der Waals surface area contributed by atoms with Gasteiger partial charge < -0.3 is 15.2 Å². The Hall–Kier alpha value is -1.74.